The van der Waals surface area contributed by atoms with E-state index in [1.807, 2.05) is 51.3 Å². The van der Waals surface area contributed by atoms with Gasteiger partial charge in [-0.15, -0.1) is 0 Å². The lowest BCUT2D eigenvalue weighted by molar-refractivity contribution is -0.122. The van der Waals surface area contributed by atoms with Gasteiger partial charge in [0, 0.05) is 18.8 Å². The molecule has 0 bridgehead atoms. The minimum Gasteiger partial charge on any atom is -0.491 e. The van der Waals surface area contributed by atoms with Crippen LogP contribution in [0.5, 0.6) is 5.75 Å². The van der Waals surface area contributed by atoms with Crippen molar-refractivity contribution in [1.82, 2.24) is 20.0 Å². The van der Waals surface area contributed by atoms with Gasteiger partial charge in [0.05, 0.1) is 18.8 Å². The van der Waals surface area contributed by atoms with Gasteiger partial charge < -0.3 is 15.0 Å². The normalized spacial score (nSPS) is 12.2. The van der Waals surface area contributed by atoms with E-state index in [4.69, 9.17) is 4.74 Å². The van der Waals surface area contributed by atoms with Crippen molar-refractivity contribution >= 4 is 5.91 Å². The maximum absolute atomic E-state index is 11.7. The van der Waals surface area contributed by atoms with E-state index in [1.165, 1.54) is 0 Å². The minimum atomic E-state index is -0.0653. The summed E-state index contributed by atoms with van der Waals surface area (Å²) in [7, 11) is 5.60. The van der Waals surface area contributed by atoms with Crippen LogP contribution in [0.25, 0.3) is 11.1 Å². The molecule has 6 nitrogen and oxygen atoms in total. The summed E-state index contributed by atoms with van der Waals surface area (Å²) in [5.41, 5.74) is 2.02. The highest BCUT2D eigenvalue weighted by atomic mass is 16.5. The molecule has 1 aromatic carbocycles. The Morgan fingerprint density at radius 1 is 1.43 bits per heavy atom. The Bertz CT molecular complexity index is 652. The van der Waals surface area contributed by atoms with Crippen molar-refractivity contribution in [3.63, 3.8) is 0 Å². The molecule has 6 heteroatoms. The van der Waals surface area contributed by atoms with Crippen LogP contribution in [0.15, 0.2) is 30.6 Å². The fraction of sp³-hybridized carbons (Fsp3) is 0.412. The number of nitrogens with one attached hydrogen (secondary N) is 1. The number of carbonyl (C=O) groups is 1. The molecule has 1 radical (unpaired) electrons. The second kappa shape index (κ2) is 7.78. The molecule has 0 saturated heterocycles. The van der Waals surface area contributed by atoms with Crippen molar-refractivity contribution in [2.75, 3.05) is 27.2 Å². The van der Waals surface area contributed by atoms with E-state index in [-0.39, 0.29) is 11.9 Å². The van der Waals surface area contributed by atoms with E-state index in [0.29, 0.717) is 13.2 Å². The van der Waals surface area contributed by atoms with E-state index < -0.39 is 0 Å². The quantitative estimate of drug-likeness (QED) is 0.837. The average molecular weight is 315 g/mol. The van der Waals surface area contributed by atoms with Gasteiger partial charge in [0.1, 0.15) is 12.4 Å². The Kier molecular flexibility index (Phi) is 5.76. The van der Waals surface area contributed by atoms with Crippen molar-refractivity contribution < 1.29 is 9.53 Å². The third-order valence-electron chi connectivity index (χ3n) is 3.17. The molecule has 0 aliphatic rings. The Labute approximate surface area is 137 Å². The summed E-state index contributed by atoms with van der Waals surface area (Å²) in [5.74, 6) is 0.710. The molecule has 0 spiro atoms. The topological polar surface area (TPSA) is 59.4 Å². The van der Waals surface area contributed by atoms with Gasteiger partial charge in [0.15, 0.2) is 0 Å². The molecule has 1 amide bonds. The zero-order valence-corrected chi connectivity index (χ0v) is 14.0. The zero-order valence-electron chi connectivity index (χ0n) is 14.0. The van der Waals surface area contributed by atoms with Crippen molar-refractivity contribution in [3.8, 4) is 16.9 Å². The molecule has 123 valence electrons. The number of aryl methyl sites for hydroxylation is 1. The first-order chi connectivity index (χ1) is 10.9. The van der Waals surface area contributed by atoms with Crippen LogP contribution < -0.4 is 10.1 Å². The minimum absolute atomic E-state index is 0.0122. The molecular weight excluding hydrogens is 292 g/mol. The molecule has 2 aromatic rings. The summed E-state index contributed by atoms with van der Waals surface area (Å²) < 4.78 is 7.51. The van der Waals surface area contributed by atoms with Gasteiger partial charge in [-0.3, -0.25) is 9.48 Å². The Morgan fingerprint density at radius 2 is 2.22 bits per heavy atom. The smallest absolute Gasteiger partial charge is 0.234 e. The second-order valence-corrected chi connectivity index (χ2v) is 5.88. The number of aromatic nitrogens is 2. The third-order valence-corrected chi connectivity index (χ3v) is 3.17. The molecular formula is C17H23N4O2. The fourth-order valence-corrected chi connectivity index (χ4v) is 2.14. The van der Waals surface area contributed by atoms with E-state index >= 15 is 0 Å². The monoisotopic (exact) mass is 315 g/mol. The van der Waals surface area contributed by atoms with E-state index in [1.54, 1.807) is 16.9 Å². The van der Waals surface area contributed by atoms with Crippen LogP contribution in [0.1, 0.15) is 6.92 Å². The number of ether oxygens (including phenoxy) is 1. The number of hydrogen-bond donors (Lipinski definition) is 1. The van der Waals surface area contributed by atoms with Gasteiger partial charge in [-0.1, -0.05) is 0 Å². The summed E-state index contributed by atoms with van der Waals surface area (Å²) in [6.07, 6.45) is 3.74. The lowest BCUT2D eigenvalue weighted by Gasteiger charge is -2.17. The lowest BCUT2D eigenvalue weighted by atomic mass is 10.1. The summed E-state index contributed by atoms with van der Waals surface area (Å²) in [4.78, 5) is 13.5. The van der Waals surface area contributed by atoms with Gasteiger partial charge in [0.25, 0.3) is 0 Å². The van der Waals surface area contributed by atoms with Crippen LogP contribution in [-0.2, 0) is 11.8 Å². The molecule has 0 aliphatic heterocycles. The first-order valence-electron chi connectivity index (χ1n) is 7.51. The predicted molar refractivity (Wildman–Crippen MR) is 89.1 cm³/mol. The maximum atomic E-state index is 11.7. The van der Waals surface area contributed by atoms with E-state index in [9.17, 15) is 4.79 Å². The van der Waals surface area contributed by atoms with Gasteiger partial charge in [-0.2, -0.15) is 5.10 Å². The first kappa shape index (κ1) is 17.0. The first-order valence-corrected chi connectivity index (χ1v) is 7.51. The van der Waals surface area contributed by atoms with Crippen LogP contribution in [-0.4, -0.2) is 53.9 Å². The van der Waals surface area contributed by atoms with Crippen LogP contribution in [0, 0.1) is 6.07 Å². The molecule has 0 fully saturated rings. The summed E-state index contributed by atoms with van der Waals surface area (Å²) in [6, 6.07) is 8.63. The number of amides is 1. The highest BCUT2D eigenvalue weighted by Gasteiger charge is 2.09. The molecule has 1 aromatic heterocycles. The number of carbonyl (C=O) groups excluding carboxylic acids is 1. The number of likely N-dealkylation sites (N-methyl/N-ethyl adjacent to an activating group) is 1. The van der Waals surface area contributed by atoms with Crippen LogP contribution >= 0.6 is 0 Å². The molecule has 0 aliphatic carbocycles. The average Bonchev–Trinajstić information content (AvgIpc) is 2.91. The molecule has 1 atom stereocenters. The number of hydrogen-bond acceptors (Lipinski definition) is 4. The molecule has 2 rings (SSSR count). The van der Waals surface area contributed by atoms with Crippen LogP contribution in [0.3, 0.4) is 0 Å². The molecule has 23 heavy (non-hydrogen) atoms. The Balaban J connectivity index is 1.89. The number of benzene rings is 1. The third kappa shape index (κ3) is 5.41. The Morgan fingerprint density at radius 3 is 2.87 bits per heavy atom. The molecule has 0 saturated carbocycles. The van der Waals surface area contributed by atoms with Gasteiger partial charge in [-0.05, 0) is 50.8 Å². The summed E-state index contributed by atoms with van der Waals surface area (Å²) in [5, 5.41) is 7.07. The van der Waals surface area contributed by atoms with Gasteiger partial charge in [-0.25, -0.2) is 0 Å². The number of rotatable bonds is 7. The highest BCUT2D eigenvalue weighted by Crippen LogP contribution is 2.23. The lowest BCUT2D eigenvalue weighted by Crippen LogP contribution is -2.41. The van der Waals surface area contributed by atoms with Crippen molar-refractivity contribution in [3.05, 3.63) is 36.7 Å². The van der Waals surface area contributed by atoms with Gasteiger partial charge >= 0.3 is 0 Å². The SMILES string of the molecule is C[C@H](COc1c[c]cc(-c2cnn(C)c2)c1)NC(=O)CN(C)C. The Hall–Kier alpha value is -2.34. The molecule has 1 N–H and O–H groups in total. The zero-order chi connectivity index (χ0) is 16.8. The molecule has 1 heterocycles. The van der Waals surface area contributed by atoms with Crippen molar-refractivity contribution in [2.24, 2.45) is 7.05 Å². The van der Waals surface area contributed by atoms with Crippen LogP contribution in [0.2, 0.25) is 0 Å². The second-order valence-electron chi connectivity index (χ2n) is 5.88. The van der Waals surface area contributed by atoms with Crippen molar-refractivity contribution in [1.29, 1.82) is 0 Å². The number of nitrogens with zero attached hydrogens (tertiary/aromatic N) is 3. The fourth-order valence-electron chi connectivity index (χ4n) is 2.14. The maximum Gasteiger partial charge on any atom is 0.234 e. The van der Waals surface area contributed by atoms with Gasteiger partial charge in [0.2, 0.25) is 5.91 Å². The van der Waals surface area contributed by atoms with Crippen molar-refractivity contribution in [2.45, 2.75) is 13.0 Å². The predicted octanol–water partition coefficient (Wildman–Crippen LogP) is 1.33. The standard InChI is InChI=1S/C17H23N4O2/c1-13(19-17(22)11-20(2)3)12-23-16-7-5-6-14(8-16)15-9-18-21(4)10-15/h6-10,13H,11-12H2,1-4H3,(H,19,22)/t13-/m1/s1. The summed E-state index contributed by atoms with van der Waals surface area (Å²) in [6.45, 7) is 2.69. The van der Waals surface area contributed by atoms with E-state index in [2.05, 4.69) is 16.5 Å². The highest BCUT2D eigenvalue weighted by molar-refractivity contribution is 5.78. The van der Waals surface area contributed by atoms with E-state index in [0.717, 1.165) is 16.9 Å². The largest absolute Gasteiger partial charge is 0.491 e. The molecule has 0 unspecified atom stereocenters. The van der Waals surface area contributed by atoms with Crippen LogP contribution in [0.4, 0.5) is 0 Å². The summed E-state index contributed by atoms with van der Waals surface area (Å²) >= 11 is 0.